The van der Waals surface area contributed by atoms with Crippen molar-refractivity contribution in [2.45, 2.75) is 33.5 Å². The second-order valence-electron chi connectivity index (χ2n) is 2.17. The first kappa shape index (κ1) is 9.92. The van der Waals surface area contributed by atoms with Crippen LogP contribution in [0.15, 0.2) is 0 Å². The lowest BCUT2D eigenvalue weighted by atomic mass is 10.2. The van der Waals surface area contributed by atoms with E-state index in [1.165, 1.54) is 0 Å². The van der Waals surface area contributed by atoms with E-state index in [9.17, 15) is 0 Å². The molecule has 0 fully saturated rings. The molecule has 61 valence electrons. The van der Waals surface area contributed by atoms with Crippen LogP contribution in [0.3, 0.4) is 0 Å². The summed E-state index contributed by atoms with van der Waals surface area (Å²) in [5.41, 5.74) is 0. The largest absolute Gasteiger partial charge is 0.350 e. The predicted molar refractivity (Wildman–Crippen MR) is 41.6 cm³/mol. The standard InChI is InChI=1S/C8H17O2/c1-5-8(4,9-6-2)10-7-3/h5H,6-7H2,1-4H3. The number of rotatable bonds is 5. The molecule has 10 heavy (non-hydrogen) atoms. The highest BCUT2D eigenvalue weighted by atomic mass is 16.7. The van der Waals surface area contributed by atoms with Gasteiger partial charge in [-0.15, -0.1) is 0 Å². The van der Waals surface area contributed by atoms with Crippen molar-refractivity contribution in [3.63, 3.8) is 0 Å². The summed E-state index contributed by atoms with van der Waals surface area (Å²) in [7, 11) is 0. The van der Waals surface area contributed by atoms with Gasteiger partial charge < -0.3 is 9.47 Å². The molecule has 0 atom stereocenters. The van der Waals surface area contributed by atoms with Crippen LogP contribution in [0.1, 0.15) is 27.7 Å². The molecule has 0 aromatic rings. The molecule has 0 aromatic carbocycles. The Bertz CT molecular complexity index is 75.3. The Morgan fingerprint density at radius 2 is 1.60 bits per heavy atom. The first-order chi connectivity index (χ1) is 4.68. The first-order valence-corrected chi connectivity index (χ1v) is 3.77. The lowest BCUT2D eigenvalue weighted by Gasteiger charge is -2.27. The molecular formula is C8H17O2. The molecule has 0 heterocycles. The summed E-state index contributed by atoms with van der Waals surface area (Å²) in [5.74, 6) is -0.483. The van der Waals surface area contributed by atoms with E-state index in [2.05, 4.69) is 0 Å². The van der Waals surface area contributed by atoms with E-state index in [1.807, 2.05) is 34.1 Å². The maximum absolute atomic E-state index is 5.34. The van der Waals surface area contributed by atoms with E-state index >= 15 is 0 Å². The smallest absolute Gasteiger partial charge is 0.168 e. The van der Waals surface area contributed by atoms with Crippen molar-refractivity contribution < 1.29 is 9.47 Å². The van der Waals surface area contributed by atoms with E-state index in [-0.39, 0.29) is 0 Å². The second-order valence-corrected chi connectivity index (χ2v) is 2.17. The van der Waals surface area contributed by atoms with Gasteiger partial charge >= 0.3 is 0 Å². The molecule has 0 spiro atoms. The normalized spacial score (nSPS) is 12.0. The summed E-state index contributed by atoms with van der Waals surface area (Å²) < 4.78 is 10.7. The highest BCUT2D eigenvalue weighted by molar-refractivity contribution is 4.77. The van der Waals surface area contributed by atoms with E-state index in [4.69, 9.17) is 9.47 Å². The van der Waals surface area contributed by atoms with Crippen molar-refractivity contribution in [2.24, 2.45) is 0 Å². The molecule has 0 saturated carbocycles. The molecule has 0 aliphatic carbocycles. The number of hydrogen-bond acceptors (Lipinski definition) is 2. The maximum atomic E-state index is 5.34. The molecular weight excluding hydrogens is 128 g/mol. The third-order valence-corrected chi connectivity index (χ3v) is 1.39. The van der Waals surface area contributed by atoms with Gasteiger partial charge in [0.15, 0.2) is 5.79 Å². The third kappa shape index (κ3) is 3.18. The van der Waals surface area contributed by atoms with Gasteiger partial charge in [-0.25, -0.2) is 0 Å². The van der Waals surface area contributed by atoms with Gasteiger partial charge in [-0.3, -0.25) is 0 Å². The maximum Gasteiger partial charge on any atom is 0.168 e. The van der Waals surface area contributed by atoms with Crippen LogP contribution in [0.5, 0.6) is 0 Å². The van der Waals surface area contributed by atoms with Crippen molar-refractivity contribution in [1.82, 2.24) is 0 Å². The lowest BCUT2D eigenvalue weighted by Crippen LogP contribution is -2.32. The zero-order valence-electron chi connectivity index (χ0n) is 7.31. The summed E-state index contributed by atoms with van der Waals surface area (Å²) >= 11 is 0. The van der Waals surface area contributed by atoms with E-state index < -0.39 is 5.79 Å². The highest BCUT2D eigenvalue weighted by Gasteiger charge is 2.21. The quantitative estimate of drug-likeness (QED) is 0.551. The van der Waals surface area contributed by atoms with E-state index in [0.717, 1.165) is 0 Å². The number of ether oxygens (including phenoxy) is 2. The minimum atomic E-state index is -0.483. The van der Waals surface area contributed by atoms with Crippen LogP contribution in [0.25, 0.3) is 0 Å². The molecule has 1 radical (unpaired) electrons. The van der Waals surface area contributed by atoms with Crippen LogP contribution < -0.4 is 0 Å². The summed E-state index contributed by atoms with van der Waals surface area (Å²) in [6.45, 7) is 9.13. The van der Waals surface area contributed by atoms with Crippen molar-refractivity contribution in [2.75, 3.05) is 13.2 Å². The molecule has 0 unspecified atom stereocenters. The van der Waals surface area contributed by atoms with Gasteiger partial charge in [0.05, 0.1) is 0 Å². The molecule has 2 nitrogen and oxygen atoms in total. The van der Waals surface area contributed by atoms with Gasteiger partial charge in [-0.05, 0) is 20.8 Å². The molecule has 0 bridgehead atoms. The van der Waals surface area contributed by atoms with Gasteiger partial charge in [-0.2, -0.15) is 0 Å². The van der Waals surface area contributed by atoms with Crippen molar-refractivity contribution in [3.05, 3.63) is 6.42 Å². The van der Waals surface area contributed by atoms with Crippen molar-refractivity contribution in [3.8, 4) is 0 Å². The predicted octanol–water partition coefficient (Wildman–Crippen LogP) is 2.00. The summed E-state index contributed by atoms with van der Waals surface area (Å²) in [4.78, 5) is 0. The van der Waals surface area contributed by atoms with E-state index in [1.54, 1.807) is 0 Å². The summed E-state index contributed by atoms with van der Waals surface area (Å²) in [6, 6.07) is 0. The Labute approximate surface area is 63.5 Å². The SMILES string of the molecule is C[CH]C(C)(OCC)OCC. The first-order valence-electron chi connectivity index (χ1n) is 3.77. The zero-order valence-corrected chi connectivity index (χ0v) is 7.31. The highest BCUT2D eigenvalue weighted by Crippen LogP contribution is 2.14. The van der Waals surface area contributed by atoms with Crippen LogP contribution in [-0.4, -0.2) is 19.0 Å². The molecule has 0 saturated heterocycles. The lowest BCUT2D eigenvalue weighted by molar-refractivity contribution is -0.197. The van der Waals surface area contributed by atoms with Crippen LogP contribution in [-0.2, 0) is 9.47 Å². The van der Waals surface area contributed by atoms with Gasteiger partial charge in [0.1, 0.15) is 0 Å². The Kier molecular flexibility index (Phi) is 4.65. The molecule has 0 aliphatic rings. The summed E-state index contributed by atoms with van der Waals surface area (Å²) in [5, 5.41) is 0. The fourth-order valence-corrected chi connectivity index (χ4v) is 0.782. The molecule has 2 heteroatoms. The van der Waals surface area contributed by atoms with Crippen LogP contribution in [0, 0.1) is 6.42 Å². The van der Waals surface area contributed by atoms with Crippen LogP contribution in [0.4, 0.5) is 0 Å². The Morgan fingerprint density at radius 3 is 1.80 bits per heavy atom. The topological polar surface area (TPSA) is 18.5 Å². The molecule has 0 rings (SSSR count). The fourth-order valence-electron chi connectivity index (χ4n) is 0.782. The van der Waals surface area contributed by atoms with Gasteiger partial charge in [0, 0.05) is 19.6 Å². The average Bonchev–Trinajstić information content (AvgIpc) is 1.89. The van der Waals surface area contributed by atoms with Crippen molar-refractivity contribution in [1.29, 1.82) is 0 Å². The van der Waals surface area contributed by atoms with Gasteiger partial charge in [0.25, 0.3) is 0 Å². The Morgan fingerprint density at radius 1 is 1.20 bits per heavy atom. The van der Waals surface area contributed by atoms with Crippen LogP contribution in [0.2, 0.25) is 0 Å². The zero-order chi connectivity index (χ0) is 8.04. The third-order valence-electron chi connectivity index (χ3n) is 1.39. The number of hydrogen-bond donors (Lipinski definition) is 0. The average molecular weight is 145 g/mol. The van der Waals surface area contributed by atoms with Gasteiger partial charge in [0.2, 0.25) is 0 Å². The second kappa shape index (κ2) is 4.69. The fraction of sp³-hybridized carbons (Fsp3) is 0.875. The Hall–Kier alpha value is -0.0800. The summed E-state index contributed by atoms with van der Waals surface area (Å²) in [6.07, 6.45) is 1.92. The molecule has 0 aliphatic heterocycles. The minimum absolute atomic E-state index is 0.483. The molecule has 0 amide bonds. The monoisotopic (exact) mass is 145 g/mol. The van der Waals surface area contributed by atoms with E-state index in [0.29, 0.717) is 13.2 Å². The molecule has 0 aromatic heterocycles. The van der Waals surface area contributed by atoms with Crippen molar-refractivity contribution >= 4 is 0 Å². The minimum Gasteiger partial charge on any atom is -0.350 e. The Balaban J connectivity index is 3.69. The molecule has 0 N–H and O–H groups in total. The van der Waals surface area contributed by atoms with Crippen LogP contribution >= 0.6 is 0 Å². The van der Waals surface area contributed by atoms with Gasteiger partial charge in [-0.1, -0.05) is 6.92 Å².